The van der Waals surface area contributed by atoms with E-state index in [1.54, 1.807) is 24.3 Å². The van der Waals surface area contributed by atoms with Crippen molar-refractivity contribution in [2.24, 2.45) is 0 Å². The van der Waals surface area contributed by atoms with Crippen molar-refractivity contribution >= 4 is 5.78 Å². The summed E-state index contributed by atoms with van der Waals surface area (Å²) in [6.45, 7) is 1.41. The van der Waals surface area contributed by atoms with Gasteiger partial charge in [0.2, 0.25) is 0 Å². The first kappa shape index (κ1) is 13.2. The average Bonchev–Trinajstić information content (AvgIpc) is 2.38. The van der Waals surface area contributed by atoms with Crippen LogP contribution in [0.4, 0.5) is 13.2 Å². The van der Waals surface area contributed by atoms with Gasteiger partial charge in [-0.25, -0.2) is 9.97 Å². The van der Waals surface area contributed by atoms with Gasteiger partial charge in [-0.1, -0.05) is 18.2 Å². The number of alkyl halides is 3. The van der Waals surface area contributed by atoms with Gasteiger partial charge in [0, 0.05) is 23.5 Å². The highest BCUT2D eigenvalue weighted by molar-refractivity contribution is 5.95. The lowest BCUT2D eigenvalue weighted by molar-refractivity contribution is -0.138. The van der Waals surface area contributed by atoms with Crippen LogP contribution >= 0.6 is 0 Å². The van der Waals surface area contributed by atoms with Crippen molar-refractivity contribution in [2.45, 2.75) is 13.1 Å². The number of hydrogen-bond donors (Lipinski definition) is 0. The van der Waals surface area contributed by atoms with Crippen LogP contribution in [0.5, 0.6) is 0 Å². The van der Waals surface area contributed by atoms with Gasteiger partial charge in [0.1, 0.15) is 0 Å². The minimum atomic E-state index is -4.46. The highest BCUT2D eigenvalue weighted by Gasteiger charge is 2.31. The second kappa shape index (κ2) is 4.79. The Bertz CT molecular complexity index is 606. The molecule has 0 aliphatic carbocycles. The molecule has 0 radical (unpaired) electrons. The van der Waals surface area contributed by atoms with Crippen LogP contribution in [0.1, 0.15) is 22.8 Å². The Morgan fingerprint density at radius 3 is 2.32 bits per heavy atom. The monoisotopic (exact) mass is 266 g/mol. The van der Waals surface area contributed by atoms with Gasteiger partial charge in [-0.15, -0.1) is 0 Å². The maximum atomic E-state index is 12.4. The zero-order valence-electron chi connectivity index (χ0n) is 9.90. The number of Topliss-reactive ketones (excluding diaryl/α,β-unsaturated/α-hetero) is 1. The van der Waals surface area contributed by atoms with Crippen LogP contribution in [-0.4, -0.2) is 15.8 Å². The molecule has 1 aromatic carbocycles. The van der Waals surface area contributed by atoms with Crippen molar-refractivity contribution in [1.82, 2.24) is 9.97 Å². The fourth-order valence-corrected chi connectivity index (χ4v) is 1.50. The summed E-state index contributed by atoms with van der Waals surface area (Å²) in [7, 11) is 0. The van der Waals surface area contributed by atoms with Crippen molar-refractivity contribution in [3.8, 4) is 11.4 Å². The number of carbonyl (C=O) groups is 1. The third-order valence-electron chi connectivity index (χ3n) is 2.51. The number of halogens is 3. The second-order valence-electron chi connectivity index (χ2n) is 3.93. The zero-order valence-corrected chi connectivity index (χ0v) is 9.90. The number of rotatable bonds is 2. The van der Waals surface area contributed by atoms with Gasteiger partial charge in [-0.3, -0.25) is 4.79 Å². The molecule has 2 rings (SSSR count). The van der Waals surface area contributed by atoms with E-state index in [0.29, 0.717) is 11.1 Å². The quantitative estimate of drug-likeness (QED) is 0.783. The molecule has 1 aromatic heterocycles. The molecule has 6 heteroatoms. The van der Waals surface area contributed by atoms with Crippen LogP contribution in [-0.2, 0) is 6.18 Å². The van der Waals surface area contributed by atoms with Crippen molar-refractivity contribution in [1.29, 1.82) is 0 Å². The summed E-state index contributed by atoms with van der Waals surface area (Å²) in [5, 5.41) is 0. The van der Waals surface area contributed by atoms with Gasteiger partial charge in [0.15, 0.2) is 11.6 Å². The minimum Gasteiger partial charge on any atom is -0.295 e. The summed E-state index contributed by atoms with van der Waals surface area (Å²) < 4.78 is 37.1. The largest absolute Gasteiger partial charge is 0.419 e. The first-order chi connectivity index (χ1) is 8.88. The van der Waals surface area contributed by atoms with E-state index in [1.165, 1.54) is 6.92 Å². The molecule has 0 amide bonds. The molecule has 0 aliphatic heterocycles. The third-order valence-corrected chi connectivity index (χ3v) is 2.51. The number of ketones is 1. The molecule has 0 aliphatic rings. The van der Waals surface area contributed by atoms with Gasteiger partial charge < -0.3 is 0 Å². The van der Waals surface area contributed by atoms with E-state index in [0.717, 1.165) is 12.4 Å². The van der Waals surface area contributed by atoms with Gasteiger partial charge >= 0.3 is 6.18 Å². The van der Waals surface area contributed by atoms with E-state index < -0.39 is 11.7 Å². The lowest BCUT2D eigenvalue weighted by Crippen LogP contribution is -2.06. The molecule has 0 saturated heterocycles. The standard InChI is InChI=1S/C13H9F3N2O/c1-8(19)9-3-2-4-10(5-9)12-17-6-11(7-18-12)13(14,15)16/h2-7H,1H3. The Kier molecular flexibility index (Phi) is 3.33. The highest BCUT2D eigenvalue weighted by atomic mass is 19.4. The summed E-state index contributed by atoms with van der Waals surface area (Å²) in [5.74, 6) is 0.0184. The Morgan fingerprint density at radius 2 is 1.79 bits per heavy atom. The molecule has 0 fully saturated rings. The molecule has 1 heterocycles. The van der Waals surface area contributed by atoms with Crippen LogP contribution in [0.2, 0.25) is 0 Å². The molecular formula is C13H9F3N2O. The first-order valence-corrected chi connectivity index (χ1v) is 5.38. The van der Waals surface area contributed by atoms with Crippen molar-refractivity contribution in [3.63, 3.8) is 0 Å². The number of nitrogens with zero attached hydrogens (tertiary/aromatic N) is 2. The average molecular weight is 266 g/mol. The van der Waals surface area contributed by atoms with Crippen molar-refractivity contribution < 1.29 is 18.0 Å². The van der Waals surface area contributed by atoms with Crippen LogP contribution in [0.25, 0.3) is 11.4 Å². The van der Waals surface area contributed by atoms with Crippen LogP contribution in [0, 0.1) is 0 Å². The normalized spacial score (nSPS) is 11.4. The Labute approximate surface area is 107 Å². The predicted molar refractivity (Wildman–Crippen MR) is 62.5 cm³/mol. The third kappa shape index (κ3) is 2.96. The molecule has 0 unspecified atom stereocenters. The van der Waals surface area contributed by atoms with Crippen LogP contribution in [0.15, 0.2) is 36.7 Å². The summed E-state index contributed by atoms with van der Waals surface area (Å²) in [6.07, 6.45) is -3.01. The highest BCUT2D eigenvalue weighted by Crippen LogP contribution is 2.28. The number of aromatic nitrogens is 2. The van der Waals surface area contributed by atoms with E-state index in [-0.39, 0.29) is 11.6 Å². The van der Waals surface area contributed by atoms with E-state index in [1.807, 2.05) is 0 Å². The molecule has 19 heavy (non-hydrogen) atoms. The SMILES string of the molecule is CC(=O)c1cccc(-c2ncc(C(F)(F)F)cn2)c1. The smallest absolute Gasteiger partial charge is 0.295 e. The molecular weight excluding hydrogens is 257 g/mol. The van der Waals surface area contributed by atoms with E-state index in [9.17, 15) is 18.0 Å². The van der Waals surface area contributed by atoms with E-state index in [2.05, 4.69) is 9.97 Å². The van der Waals surface area contributed by atoms with E-state index >= 15 is 0 Å². The number of hydrogen-bond acceptors (Lipinski definition) is 3. The van der Waals surface area contributed by atoms with E-state index in [4.69, 9.17) is 0 Å². The molecule has 0 bridgehead atoms. The molecule has 3 nitrogen and oxygen atoms in total. The van der Waals surface area contributed by atoms with Gasteiger partial charge in [-0.05, 0) is 13.0 Å². The number of benzene rings is 1. The molecule has 0 atom stereocenters. The molecule has 98 valence electrons. The molecule has 0 N–H and O–H groups in total. The molecule has 0 spiro atoms. The fraction of sp³-hybridized carbons (Fsp3) is 0.154. The van der Waals surface area contributed by atoms with Crippen LogP contribution < -0.4 is 0 Å². The lowest BCUT2D eigenvalue weighted by atomic mass is 10.1. The fourth-order valence-electron chi connectivity index (χ4n) is 1.50. The van der Waals surface area contributed by atoms with Gasteiger partial charge in [-0.2, -0.15) is 13.2 Å². The lowest BCUT2D eigenvalue weighted by Gasteiger charge is -2.06. The zero-order chi connectivity index (χ0) is 14.0. The van der Waals surface area contributed by atoms with Crippen molar-refractivity contribution in [3.05, 3.63) is 47.8 Å². The maximum Gasteiger partial charge on any atom is 0.419 e. The Hall–Kier alpha value is -2.24. The molecule has 2 aromatic rings. The van der Waals surface area contributed by atoms with Crippen molar-refractivity contribution in [2.75, 3.05) is 0 Å². The molecule has 0 saturated carbocycles. The van der Waals surface area contributed by atoms with Gasteiger partial charge in [0.25, 0.3) is 0 Å². The second-order valence-corrected chi connectivity index (χ2v) is 3.93. The minimum absolute atomic E-state index is 0.131. The maximum absolute atomic E-state index is 12.4. The number of carbonyl (C=O) groups excluding carboxylic acids is 1. The predicted octanol–water partition coefficient (Wildman–Crippen LogP) is 3.37. The summed E-state index contributed by atoms with van der Waals surface area (Å²) in [5.41, 5.74) is 0.0568. The summed E-state index contributed by atoms with van der Waals surface area (Å²) >= 11 is 0. The van der Waals surface area contributed by atoms with Gasteiger partial charge in [0.05, 0.1) is 5.56 Å². The summed E-state index contributed by atoms with van der Waals surface area (Å²) in [6, 6.07) is 6.43. The van der Waals surface area contributed by atoms with Crippen LogP contribution in [0.3, 0.4) is 0 Å². The Balaban J connectivity index is 2.37. The topological polar surface area (TPSA) is 42.9 Å². The summed E-state index contributed by atoms with van der Waals surface area (Å²) in [4.78, 5) is 18.6. The first-order valence-electron chi connectivity index (χ1n) is 5.38. The Morgan fingerprint density at radius 1 is 1.16 bits per heavy atom.